The Labute approximate surface area is 177 Å². The first-order chi connectivity index (χ1) is 13.8. The van der Waals surface area contributed by atoms with Crippen molar-refractivity contribution >= 4 is 46.4 Å². The zero-order chi connectivity index (χ0) is 21.6. The number of nitro groups is 1. The highest BCUT2D eigenvalue weighted by atomic mass is 35.5. The Morgan fingerprint density at radius 2 is 1.83 bits per heavy atom. The van der Waals surface area contributed by atoms with Gasteiger partial charge < -0.3 is 15.0 Å². The fourth-order valence-corrected chi connectivity index (χ4v) is 3.04. The zero-order valence-electron chi connectivity index (χ0n) is 15.8. The molecule has 0 fully saturated rings. The number of nitro benzene ring substituents is 1. The van der Waals surface area contributed by atoms with E-state index in [0.29, 0.717) is 0 Å². The second kappa shape index (κ2) is 10.1. The third-order valence-electron chi connectivity index (χ3n) is 3.93. The van der Waals surface area contributed by atoms with Crippen LogP contribution in [0.25, 0.3) is 0 Å². The monoisotopic (exact) mass is 439 g/mol. The number of rotatable bonds is 8. The highest BCUT2D eigenvalue weighted by Crippen LogP contribution is 2.30. The summed E-state index contributed by atoms with van der Waals surface area (Å²) in [5.74, 6) is -0.960. The van der Waals surface area contributed by atoms with Crippen molar-refractivity contribution in [3.8, 4) is 5.75 Å². The van der Waals surface area contributed by atoms with Gasteiger partial charge in [0.15, 0.2) is 5.75 Å². The van der Waals surface area contributed by atoms with Gasteiger partial charge in [0.2, 0.25) is 5.91 Å². The Bertz CT molecular complexity index is 916. The fourth-order valence-electron chi connectivity index (χ4n) is 2.55. The minimum atomic E-state index is -0.621. The van der Waals surface area contributed by atoms with Crippen molar-refractivity contribution in [1.82, 2.24) is 4.90 Å². The van der Waals surface area contributed by atoms with Crippen LogP contribution in [-0.2, 0) is 4.79 Å². The molecule has 0 aliphatic rings. The number of ether oxygens (including phenoxy) is 1. The van der Waals surface area contributed by atoms with Crippen LogP contribution in [0, 0.1) is 10.1 Å². The van der Waals surface area contributed by atoms with Gasteiger partial charge in [-0.05, 0) is 38.1 Å². The maximum absolute atomic E-state index is 12.8. The average Bonchev–Trinajstić information content (AvgIpc) is 2.69. The number of carbonyl (C=O) groups excluding carboxylic acids is 2. The first kappa shape index (κ1) is 22.4. The van der Waals surface area contributed by atoms with Crippen molar-refractivity contribution in [2.75, 3.05) is 25.0 Å². The van der Waals surface area contributed by atoms with Gasteiger partial charge in [0.05, 0.1) is 27.3 Å². The Balaban J connectivity index is 2.19. The van der Waals surface area contributed by atoms with E-state index < -0.39 is 16.7 Å². The first-order valence-electron chi connectivity index (χ1n) is 8.72. The number of halogens is 2. The van der Waals surface area contributed by atoms with Gasteiger partial charge in [0.25, 0.3) is 5.91 Å². The summed E-state index contributed by atoms with van der Waals surface area (Å²) < 4.78 is 5.22. The number of nitrogens with one attached hydrogen (secondary N) is 1. The Morgan fingerprint density at radius 1 is 1.17 bits per heavy atom. The van der Waals surface area contributed by atoms with E-state index in [0.717, 1.165) is 6.07 Å². The molecule has 0 atom stereocenters. The summed E-state index contributed by atoms with van der Waals surface area (Å²) in [6.45, 7) is 3.57. The summed E-state index contributed by atoms with van der Waals surface area (Å²) in [4.78, 5) is 37.1. The van der Waals surface area contributed by atoms with Gasteiger partial charge in [-0.2, -0.15) is 0 Å². The molecular weight excluding hydrogens is 421 g/mol. The zero-order valence-corrected chi connectivity index (χ0v) is 17.3. The minimum absolute atomic E-state index is 0.0724. The molecule has 154 valence electrons. The molecule has 2 aromatic carbocycles. The van der Waals surface area contributed by atoms with Gasteiger partial charge in [0.1, 0.15) is 6.54 Å². The molecule has 0 bridgehead atoms. The van der Waals surface area contributed by atoms with Crippen LogP contribution in [0.5, 0.6) is 5.75 Å². The second-order valence-corrected chi connectivity index (χ2v) is 6.65. The number of hydrogen-bond acceptors (Lipinski definition) is 5. The molecule has 0 unspecified atom stereocenters. The summed E-state index contributed by atoms with van der Waals surface area (Å²) in [7, 11) is 0. The summed E-state index contributed by atoms with van der Waals surface area (Å²) in [6.07, 6.45) is 0. The molecule has 0 aromatic heterocycles. The number of para-hydroxylation sites is 1. The predicted octanol–water partition coefficient (Wildman–Crippen LogP) is 4.40. The lowest BCUT2D eigenvalue weighted by Crippen LogP contribution is -2.38. The Hall–Kier alpha value is -2.84. The van der Waals surface area contributed by atoms with E-state index in [4.69, 9.17) is 27.9 Å². The lowest BCUT2D eigenvalue weighted by molar-refractivity contribution is -0.385. The molecule has 10 heteroatoms. The van der Waals surface area contributed by atoms with Crippen molar-refractivity contribution in [3.05, 3.63) is 62.1 Å². The van der Waals surface area contributed by atoms with Crippen LogP contribution in [0.2, 0.25) is 10.0 Å². The third-order valence-corrected chi connectivity index (χ3v) is 4.56. The molecule has 2 aromatic rings. The molecule has 0 spiro atoms. The molecule has 2 amide bonds. The maximum Gasteiger partial charge on any atom is 0.311 e. The number of amides is 2. The number of benzene rings is 2. The summed E-state index contributed by atoms with van der Waals surface area (Å²) in [5, 5.41) is 14.4. The lowest BCUT2D eigenvalue weighted by atomic mass is 10.1. The van der Waals surface area contributed by atoms with Crippen LogP contribution in [0.15, 0.2) is 36.4 Å². The normalized spacial score (nSPS) is 10.3. The quantitative estimate of drug-likeness (QED) is 0.484. The van der Waals surface area contributed by atoms with Crippen LogP contribution < -0.4 is 10.1 Å². The van der Waals surface area contributed by atoms with Gasteiger partial charge in [-0.15, -0.1) is 0 Å². The average molecular weight is 440 g/mol. The third kappa shape index (κ3) is 5.58. The molecule has 1 N–H and O–H groups in total. The van der Waals surface area contributed by atoms with Crippen molar-refractivity contribution in [1.29, 1.82) is 0 Å². The van der Waals surface area contributed by atoms with E-state index >= 15 is 0 Å². The molecule has 0 radical (unpaired) electrons. The smallest absolute Gasteiger partial charge is 0.311 e. The topological polar surface area (TPSA) is 102 Å². The van der Waals surface area contributed by atoms with Gasteiger partial charge in [-0.1, -0.05) is 29.3 Å². The van der Waals surface area contributed by atoms with Crippen LogP contribution in [0.4, 0.5) is 11.4 Å². The number of likely N-dealkylation sites (N-methyl/N-ethyl adjacent to an activating group) is 1. The number of nitrogens with zero attached hydrogens (tertiary/aromatic N) is 2. The molecule has 0 saturated heterocycles. The Morgan fingerprint density at radius 3 is 2.38 bits per heavy atom. The molecule has 0 aliphatic heterocycles. The molecule has 2 rings (SSSR count). The minimum Gasteiger partial charge on any atom is -0.487 e. The summed E-state index contributed by atoms with van der Waals surface area (Å²) >= 11 is 12.1. The van der Waals surface area contributed by atoms with Crippen molar-refractivity contribution in [3.63, 3.8) is 0 Å². The molecule has 0 heterocycles. The van der Waals surface area contributed by atoms with Gasteiger partial charge >= 0.3 is 5.69 Å². The molecule has 29 heavy (non-hydrogen) atoms. The van der Waals surface area contributed by atoms with Gasteiger partial charge in [0, 0.05) is 18.2 Å². The first-order valence-corrected chi connectivity index (χ1v) is 9.48. The van der Waals surface area contributed by atoms with Crippen molar-refractivity contribution in [2.24, 2.45) is 0 Å². The lowest BCUT2D eigenvalue weighted by Gasteiger charge is -2.21. The predicted molar refractivity (Wildman–Crippen MR) is 111 cm³/mol. The van der Waals surface area contributed by atoms with E-state index in [1.807, 2.05) is 0 Å². The van der Waals surface area contributed by atoms with E-state index in [9.17, 15) is 19.7 Å². The molecule has 8 nitrogen and oxygen atoms in total. The second-order valence-electron chi connectivity index (χ2n) is 5.84. The van der Waals surface area contributed by atoms with E-state index in [2.05, 4.69) is 5.32 Å². The van der Waals surface area contributed by atoms with Crippen LogP contribution in [0.1, 0.15) is 24.2 Å². The van der Waals surface area contributed by atoms with E-state index in [1.54, 1.807) is 32.0 Å². The number of hydrogen-bond donors (Lipinski definition) is 1. The fraction of sp³-hybridized carbons (Fsp3) is 0.263. The summed E-state index contributed by atoms with van der Waals surface area (Å²) in [5.41, 5.74) is 0.00710. The van der Waals surface area contributed by atoms with Crippen LogP contribution in [-0.4, -0.2) is 41.3 Å². The van der Waals surface area contributed by atoms with Crippen LogP contribution >= 0.6 is 23.2 Å². The largest absolute Gasteiger partial charge is 0.487 e. The Kier molecular flexibility index (Phi) is 7.81. The van der Waals surface area contributed by atoms with Crippen LogP contribution in [0.3, 0.4) is 0 Å². The maximum atomic E-state index is 12.8. The van der Waals surface area contributed by atoms with Gasteiger partial charge in [-0.25, -0.2) is 0 Å². The summed E-state index contributed by atoms with van der Waals surface area (Å²) in [6, 6.07) is 8.72. The molecule has 0 saturated carbocycles. The van der Waals surface area contributed by atoms with E-state index in [1.165, 1.54) is 17.0 Å². The number of carbonyl (C=O) groups is 2. The van der Waals surface area contributed by atoms with Gasteiger partial charge in [-0.3, -0.25) is 19.7 Å². The highest BCUT2D eigenvalue weighted by Gasteiger charge is 2.23. The highest BCUT2D eigenvalue weighted by molar-refractivity contribution is 6.39. The standard InChI is InChI=1S/C19H19Cl2N3O5/c1-3-23(11-17(25)22-18-13(20)6-5-7-14(18)21)19(26)12-8-9-16(29-4-2)15(10-12)24(27)28/h5-10H,3-4,11H2,1-2H3,(H,22,25). The van der Waals surface area contributed by atoms with E-state index in [-0.39, 0.29) is 52.4 Å². The molecular formula is C19H19Cl2N3O5. The van der Waals surface area contributed by atoms with Crippen molar-refractivity contribution in [2.45, 2.75) is 13.8 Å². The molecule has 0 aliphatic carbocycles. The SMILES string of the molecule is CCOc1ccc(C(=O)N(CC)CC(=O)Nc2c(Cl)cccc2Cl)cc1[N+](=O)[O-]. The number of anilines is 1. The van der Waals surface area contributed by atoms with Crippen molar-refractivity contribution < 1.29 is 19.2 Å².